The average molecular weight is 448 g/mol. The Labute approximate surface area is 193 Å². The molecule has 3 aromatic rings. The highest BCUT2D eigenvalue weighted by atomic mass is 16.5. The van der Waals surface area contributed by atoms with Gasteiger partial charge in [0.05, 0.1) is 19.1 Å². The van der Waals surface area contributed by atoms with Crippen LogP contribution >= 0.6 is 0 Å². The van der Waals surface area contributed by atoms with Crippen molar-refractivity contribution in [2.45, 2.75) is 5.92 Å². The second-order valence-corrected chi connectivity index (χ2v) is 7.73. The molecule has 4 rings (SSSR count). The minimum atomic E-state index is -0.478. The molecule has 2 heterocycles. The number of ether oxygens (including phenoxy) is 1. The fourth-order valence-corrected chi connectivity index (χ4v) is 3.77. The molecule has 172 valence electrons. The van der Waals surface area contributed by atoms with Gasteiger partial charge in [0, 0.05) is 26.2 Å². The van der Waals surface area contributed by atoms with E-state index in [-0.39, 0.29) is 5.91 Å². The number of amides is 1. The molecular formula is C24H29N7O2. The van der Waals surface area contributed by atoms with Crippen molar-refractivity contribution in [3.05, 3.63) is 78.1 Å². The van der Waals surface area contributed by atoms with Crippen LogP contribution in [0.1, 0.15) is 17.0 Å². The molecule has 0 unspecified atom stereocenters. The zero-order chi connectivity index (χ0) is 22.9. The summed E-state index contributed by atoms with van der Waals surface area (Å²) in [6.45, 7) is 4.92. The van der Waals surface area contributed by atoms with E-state index in [2.05, 4.69) is 31.0 Å². The Morgan fingerprint density at radius 1 is 0.970 bits per heavy atom. The Morgan fingerprint density at radius 2 is 1.58 bits per heavy atom. The highest BCUT2D eigenvalue weighted by Crippen LogP contribution is 2.25. The van der Waals surface area contributed by atoms with Crippen LogP contribution in [0.2, 0.25) is 0 Å². The zero-order valence-electron chi connectivity index (χ0n) is 18.4. The maximum absolute atomic E-state index is 13.2. The third kappa shape index (κ3) is 5.97. The van der Waals surface area contributed by atoms with Crippen LogP contribution in [0.5, 0.6) is 0 Å². The molecule has 0 aliphatic carbocycles. The maximum Gasteiger partial charge on any atom is 0.250 e. The molecule has 0 spiro atoms. The summed E-state index contributed by atoms with van der Waals surface area (Å²) in [7, 11) is 0. The molecule has 0 saturated carbocycles. The van der Waals surface area contributed by atoms with Crippen molar-refractivity contribution >= 4 is 23.2 Å². The minimum Gasteiger partial charge on any atom is -0.393 e. The molecule has 1 aromatic heterocycles. The highest BCUT2D eigenvalue weighted by Gasteiger charge is 2.23. The zero-order valence-corrected chi connectivity index (χ0v) is 18.4. The number of hydrogen-bond donors (Lipinski definition) is 4. The molecule has 1 aliphatic heterocycles. The van der Waals surface area contributed by atoms with Crippen LogP contribution in [0.4, 0.5) is 17.3 Å². The Morgan fingerprint density at radius 3 is 2.21 bits per heavy atom. The molecule has 1 saturated heterocycles. The first-order valence-electron chi connectivity index (χ1n) is 11.0. The van der Waals surface area contributed by atoms with E-state index in [0.29, 0.717) is 23.9 Å². The number of nitrogen functional groups attached to an aromatic ring is 1. The van der Waals surface area contributed by atoms with Gasteiger partial charge < -0.3 is 15.8 Å². The lowest BCUT2D eigenvalue weighted by atomic mass is 9.91. The lowest BCUT2D eigenvalue weighted by Gasteiger charge is -2.26. The quantitative estimate of drug-likeness (QED) is 0.368. The number of morpholine rings is 1. The number of rotatable bonds is 9. The van der Waals surface area contributed by atoms with Crippen LogP contribution in [-0.2, 0) is 9.53 Å². The minimum absolute atomic E-state index is 0.216. The summed E-state index contributed by atoms with van der Waals surface area (Å²) in [5.74, 6) is 0.172. The van der Waals surface area contributed by atoms with E-state index in [4.69, 9.17) is 10.5 Å². The van der Waals surface area contributed by atoms with Gasteiger partial charge >= 0.3 is 0 Å². The topological polar surface area (TPSA) is 117 Å². The summed E-state index contributed by atoms with van der Waals surface area (Å²) in [6.07, 6.45) is 1.41. The van der Waals surface area contributed by atoms with Crippen LogP contribution in [0.15, 0.2) is 67.0 Å². The van der Waals surface area contributed by atoms with E-state index < -0.39 is 5.92 Å². The first-order valence-corrected chi connectivity index (χ1v) is 11.0. The normalized spacial score (nSPS) is 14.1. The molecule has 9 nitrogen and oxygen atoms in total. The van der Waals surface area contributed by atoms with Crippen molar-refractivity contribution in [3.8, 4) is 0 Å². The summed E-state index contributed by atoms with van der Waals surface area (Å²) in [5.41, 5.74) is 14.0. The number of carbonyl (C=O) groups excluding carboxylic acids is 1. The van der Waals surface area contributed by atoms with Gasteiger partial charge in [-0.25, -0.2) is 9.97 Å². The van der Waals surface area contributed by atoms with Crippen LogP contribution in [0.25, 0.3) is 0 Å². The summed E-state index contributed by atoms with van der Waals surface area (Å²) in [4.78, 5) is 23.9. The number of aromatic nitrogens is 2. The Bertz CT molecular complexity index is 988. The monoisotopic (exact) mass is 447 g/mol. The second kappa shape index (κ2) is 11.3. The summed E-state index contributed by atoms with van der Waals surface area (Å²) < 4.78 is 5.37. The van der Waals surface area contributed by atoms with Crippen molar-refractivity contribution in [3.63, 3.8) is 0 Å². The number of anilines is 3. The molecule has 5 N–H and O–H groups in total. The van der Waals surface area contributed by atoms with E-state index in [0.717, 1.165) is 44.0 Å². The summed E-state index contributed by atoms with van der Waals surface area (Å²) >= 11 is 0. The maximum atomic E-state index is 13.2. The van der Waals surface area contributed by atoms with Crippen molar-refractivity contribution in [1.29, 1.82) is 0 Å². The fourth-order valence-electron chi connectivity index (χ4n) is 3.77. The molecule has 1 amide bonds. The fraction of sp³-hybridized carbons (Fsp3) is 0.292. The molecule has 1 aliphatic rings. The molecule has 0 radical (unpaired) electrons. The predicted octanol–water partition coefficient (Wildman–Crippen LogP) is 2.08. The number of benzene rings is 2. The average Bonchev–Trinajstić information content (AvgIpc) is 2.86. The van der Waals surface area contributed by atoms with Gasteiger partial charge in [-0.1, -0.05) is 60.7 Å². The first kappa shape index (κ1) is 22.5. The van der Waals surface area contributed by atoms with Gasteiger partial charge in [-0.05, 0) is 11.1 Å². The third-order valence-corrected chi connectivity index (χ3v) is 5.54. The molecule has 2 aromatic carbocycles. The van der Waals surface area contributed by atoms with Crippen LogP contribution in [0.3, 0.4) is 0 Å². The van der Waals surface area contributed by atoms with Gasteiger partial charge in [-0.2, -0.15) is 0 Å². The Kier molecular flexibility index (Phi) is 7.68. The number of nitrogens with zero attached hydrogens (tertiary/aromatic N) is 3. The number of hydrazine groups is 1. The number of nitrogens with one attached hydrogen (secondary N) is 3. The molecule has 33 heavy (non-hydrogen) atoms. The SMILES string of the molecule is Nc1c(NCCN2CCOCC2)ncnc1NNC(=O)C(c1ccccc1)c1ccccc1. The molecule has 0 bridgehead atoms. The molecule has 0 atom stereocenters. The second-order valence-electron chi connectivity index (χ2n) is 7.73. The number of hydrogen-bond acceptors (Lipinski definition) is 8. The van der Waals surface area contributed by atoms with Crippen molar-refractivity contribution in [2.75, 3.05) is 55.9 Å². The number of carbonyl (C=O) groups is 1. The van der Waals surface area contributed by atoms with Crippen molar-refractivity contribution < 1.29 is 9.53 Å². The van der Waals surface area contributed by atoms with Gasteiger partial charge in [-0.3, -0.25) is 20.5 Å². The highest BCUT2D eigenvalue weighted by molar-refractivity contribution is 5.88. The molecular weight excluding hydrogens is 418 g/mol. The van der Waals surface area contributed by atoms with E-state index in [1.165, 1.54) is 6.33 Å². The Hall–Kier alpha value is -3.69. The Balaban J connectivity index is 1.40. The van der Waals surface area contributed by atoms with Gasteiger partial charge in [0.1, 0.15) is 12.0 Å². The predicted molar refractivity (Wildman–Crippen MR) is 129 cm³/mol. The smallest absolute Gasteiger partial charge is 0.250 e. The lowest BCUT2D eigenvalue weighted by molar-refractivity contribution is -0.121. The van der Waals surface area contributed by atoms with Crippen molar-refractivity contribution in [2.24, 2.45) is 0 Å². The van der Waals surface area contributed by atoms with E-state index in [1.54, 1.807) is 0 Å². The summed E-state index contributed by atoms with van der Waals surface area (Å²) in [5, 5.41) is 3.25. The third-order valence-electron chi connectivity index (χ3n) is 5.54. The van der Waals surface area contributed by atoms with Crippen LogP contribution < -0.4 is 21.9 Å². The summed E-state index contributed by atoms with van der Waals surface area (Å²) in [6, 6.07) is 19.3. The van der Waals surface area contributed by atoms with Gasteiger partial charge in [0.25, 0.3) is 0 Å². The van der Waals surface area contributed by atoms with E-state index in [1.807, 2.05) is 60.7 Å². The van der Waals surface area contributed by atoms with E-state index in [9.17, 15) is 4.79 Å². The van der Waals surface area contributed by atoms with Crippen LogP contribution in [0, 0.1) is 0 Å². The van der Waals surface area contributed by atoms with Gasteiger partial charge in [0.15, 0.2) is 11.6 Å². The van der Waals surface area contributed by atoms with Crippen LogP contribution in [-0.4, -0.2) is 60.2 Å². The molecule has 1 fully saturated rings. The largest absolute Gasteiger partial charge is 0.393 e. The van der Waals surface area contributed by atoms with Gasteiger partial charge in [0.2, 0.25) is 5.91 Å². The standard InChI is InChI=1S/C24H29N7O2/c25-21-22(26-11-12-31-13-15-33-16-14-31)27-17-28-23(21)29-30-24(32)20(18-7-3-1-4-8-18)19-9-5-2-6-10-19/h1-10,17,20H,11-16,25H2,(H,30,32)(H2,26,27,28,29). The first-order chi connectivity index (χ1) is 16.2. The van der Waals surface area contributed by atoms with Gasteiger partial charge in [-0.15, -0.1) is 0 Å². The number of nitrogens with two attached hydrogens (primary N) is 1. The van der Waals surface area contributed by atoms with Crippen molar-refractivity contribution in [1.82, 2.24) is 20.3 Å². The lowest BCUT2D eigenvalue weighted by Crippen LogP contribution is -2.39. The van der Waals surface area contributed by atoms with E-state index >= 15 is 0 Å². The molecule has 9 heteroatoms.